The molecule has 0 saturated carbocycles. The zero-order chi connectivity index (χ0) is 22.5. The third kappa shape index (κ3) is 5.85. The van der Waals surface area contributed by atoms with Crippen LogP contribution in [-0.4, -0.2) is 24.5 Å². The highest BCUT2D eigenvalue weighted by Gasteiger charge is 2.28. The monoisotopic (exact) mass is 411 g/mol. The minimum Gasteiger partial charge on any atom is -0.493 e. The molecule has 0 aliphatic rings. The highest BCUT2D eigenvalue weighted by molar-refractivity contribution is 5.99. The molecule has 1 N–H and O–H groups in total. The van der Waals surface area contributed by atoms with Crippen LogP contribution in [0, 0.1) is 12.8 Å². The summed E-state index contributed by atoms with van der Waals surface area (Å²) in [7, 11) is 0. The van der Waals surface area contributed by atoms with Crippen molar-refractivity contribution in [2.75, 3.05) is 6.61 Å². The molecular formula is C25H33NO4. The van der Waals surface area contributed by atoms with Crippen LogP contribution in [0.3, 0.4) is 0 Å². The number of ether oxygens (including phenoxy) is 2. The smallest absolute Gasteiger partial charge is 0.334 e. The Morgan fingerprint density at radius 1 is 1.03 bits per heavy atom. The molecule has 0 bridgehead atoms. The van der Waals surface area contributed by atoms with E-state index >= 15 is 0 Å². The average Bonchev–Trinajstić information content (AvgIpc) is 2.67. The third-order valence-corrected chi connectivity index (χ3v) is 4.89. The standard InChI is InChI=1S/C25H33NO4/c1-8-29-21-12-10-9-11-19(21)23(27)26-22(16(2)3)24(28)30-20-14-13-18(15-17(20)4)25(5,6)7/h9-16,22H,8H2,1-7H3,(H,26,27)/t22-/m0/s1. The normalized spacial score (nSPS) is 12.4. The lowest BCUT2D eigenvalue weighted by molar-refractivity contribution is -0.137. The average molecular weight is 412 g/mol. The molecule has 0 spiro atoms. The first-order valence-electron chi connectivity index (χ1n) is 10.4. The van der Waals surface area contributed by atoms with Crippen molar-refractivity contribution in [3.8, 4) is 11.5 Å². The summed E-state index contributed by atoms with van der Waals surface area (Å²) in [5.41, 5.74) is 2.45. The number of carbonyl (C=O) groups is 2. The fourth-order valence-electron chi connectivity index (χ4n) is 3.05. The van der Waals surface area contributed by atoms with Crippen molar-refractivity contribution >= 4 is 11.9 Å². The van der Waals surface area contributed by atoms with Gasteiger partial charge in [0.15, 0.2) is 0 Å². The number of nitrogens with one attached hydrogen (secondary N) is 1. The van der Waals surface area contributed by atoms with Crippen molar-refractivity contribution in [2.45, 2.75) is 59.9 Å². The largest absolute Gasteiger partial charge is 0.493 e. The Morgan fingerprint density at radius 2 is 1.70 bits per heavy atom. The number of benzene rings is 2. The highest BCUT2D eigenvalue weighted by atomic mass is 16.5. The molecule has 0 aliphatic heterocycles. The maximum absolute atomic E-state index is 12.9. The van der Waals surface area contributed by atoms with Crippen molar-refractivity contribution in [3.63, 3.8) is 0 Å². The molecule has 30 heavy (non-hydrogen) atoms. The molecule has 5 heteroatoms. The Morgan fingerprint density at radius 3 is 2.27 bits per heavy atom. The minimum atomic E-state index is -0.783. The van der Waals surface area contributed by atoms with Crippen LogP contribution >= 0.6 is 0 Å². The van der Waals surface area contributed by atoms with E-state index in [-0.39, 0.29) is 17.2 Å². The second-order valence-electron chi connectivity index (χ2n) is 8.78. The number of rotatable bonds is 7. The van der Waals surface area contributed by atoms with E-state index in [1.807, 2.05) is 45.9 Å². The lowest BCUT2D eigenvalue weighted by Crippen LogP contribution is -2.46. The van der Waals surface area contributed by atoms with Gasteiger partial charge in [0.25, 0.3) is 5.91 Å². The lowest BCUT2D eigenvalue weighted by atomic mass is 9.86. The van der Waals surface area contributed by atoms with Gasteiger partial charge in [-0.25, -0.2) is 4.79 Å². The van der Waals surface area contributed by atoms with Crippen molar-refractivity contribution in [1.82, 2.24) is 5.32 Å². The molecule has 0 saturated heterocycles. The predicted molar refractivity (Wildman–Crippen MR) is 119 cm³/mol. The van der Waals surface area contributed by atoms with E-state index in [1.54, 1.807) is 24.3 Å². The van der Waals surface area contributed by atoms with Gasteiger partial charge in [0, 0.05) is 0 Å². The Bertz CT molecular complexity index is 896. The number of esters is 1. The highest BCUT2D eigenvalue weighted by Crippen LogP contribution is 2.28. The van der Waals surface area contributed by atoms with Crippen LogP contribution in [0.25, 0.3) is 0 Å². The number of aryl methyl sites for hydroxylation is 1. The summed E-state index contributed by atoms with van der Waals surface area (Å²) in [5.74, 6) is -0.00665. The second kappa shape index (κ2) is 9.79. The van der Waals surface area contributed by atoms with E-state index in [1.165, 1.54) is 5.56 Å². The van der Waals surface area contributed by atoms with Crippen molar-refractivity contribution in [1.29, 1.82) is 0 Å². The van der Waals surface area contributed by atoms with Gasteiger partial charge in [-0.05, 0) is 54.5 Å². The van der Waals surface area contributed by atoms with E-state index in [4.69, 9.17) is 9.47 Å². The molecule has 0 aliphatic carbocycles. The summed E-state index contributed by atoms with van der Waals surface area (Å²) in [4.78, 5) is 25.7. The van der Waals surface area contributed by atoms with Crippen LogP contribution in [0.1, 0.15) is 63.0 Å². The molecular weight excluding hydrogens is 378 g/mol. The summed E-state index contributed by atoms with van der Waals surface area (Å²) >= 11 is 0. The van der Waals surface area contributed by atoms with Crippen molar-refractivity contribution in [3.05, 3.63) is 59.2 Å². The third-order valence-electron chi connectivity index (χ3n) is 4.89. The van der Waals surface area contributed by atoms with Crippen molar-refractivity contribution in [2.24, 2.45) is 5.92 Å². The topological polar surface area (TPSA) is 64.6 Å². The molecule has 0 radical (unpaired) electrons. The van der Waals surface area contributed by atoms with Crippen LogP contribution in [0.2, 0.25) is 0 Å². The second-order valence-corrected chi connectivity index (χ2v) is 8.78. The summed E-state index contributed by atoms with van der Waals surface area (Å²) < 4.78 is 11.2. The van der Waals surface area contributed by atoms with Gasteiger partial charge in [-0.1, -0.05) is 58.9 Å². The van der Waals surface area contributed by atoms with Gasteiger partial charge in [0.2, 0.25) is 0 Å². The number of carbonyl (C=O) groups excluding carboxylic acids is 2. The number of hydrogen-bond acceptors (Lipinski definition) is 4. The lowest BCUT2D eigenvalue weighted by Gasteiger charge is -2.23. The quantitative estimate of drug-likeness (QED) is 0.511. The van der Waals surface area contributed by atoms with Gasteiger partial charge in [-0.2, -0.15) is 0 Å². The maximum Gasteiger partial charge on any atom is 0.334 e. The number of amides is 1. The van der Waals surface area contributed by atoms with Crippen LogP contribution in [0.4, 0.5) is 0 Å². The van der Waals surface area contributed by atoms with E-state index < -0.39 is 12.0 Å². The fraction of sp³-hybridized carbons (Fsp3) is 0.440. The molecule has 0 unspecified atom stereocenters. The molecule has 5 nitrogen and oxygen atoms in total. The zero-order valence-electron chi connectivity index (χ0n) is 19.0. The van der Waals surface area contributed by atoms with Gasteiger partial charge in [0.05, 0.1) is 12.2 Å². The molecule has 1 amide bonds. The fourth-order valence-corrected chi connectivity index (χ4v) is 3.05. The number of hydrogen-bond donors (Lipinski definition) is 1. The van der Waals surface area contributed by atoms with Crippen LogP contribution < -0.4 is 14.8 Å². The van der Waals surface area contributed by atoms with E-state index in [0.29, 0.717) is 23.7 Å². The maximum atomic E-state index is 12.9. The minimum absolute atomic E-state index is 0.00962. The molecule has 2 rings (SSSR count). The molecule has 0 heterocycles. The Hall–Kier alpha value is -2.82. The first-order chi connectivity index (χ1) is 14.0. The first-order valence-corrected chi connectivity index (χ1v) is 10.4. The summed E-state index contributed by atoms with van der Waals surface area (Å²) in [6, 6.07) is 12.0. The van der Waals surface area contributed by atoms with E-state index in [0.717, 1.165) is 5.56 Å². The molecule has 1 atom stereocenters. The Kier molecular flexibility index (Phi) is 7.65. The van der Waals surface area contributed by atoms with Crippen LogP contribution in [0.15, 0.2) is 42.5 Å². The van der Waals surface area contributed by atoms with Gasteiger partial charge in [-0.15, -0.1) is 0 Å². The van der Waals surface area contributed by atoms with Crippen LogP contribution in [-0.2, 0) is 10.2 Å². The van der Waals surface area contributed by atoms with Gasteiger partial charge in [-0.3, -0.25) is 4.79 Å². The SMILES string of the molecule is CCOc1ccccc1C(=O)N[C@H](C(=O)Oc1ccc(C(C)(C)C)cc1C)C(C)C. The van der Waals surface area contributed by atoms with Gasteiger partial charge < -0.3 is 14.8 Å². The molecule has 162 valence electrons. The Labute approximate surface area is 179 Å². The van der Waals surface area contributed by atoms with Crippen LogP contribution in [0.5, 0.6) is 11.5 Å². The van der Waals surface area contributed by atoms with Crippen molar-refractivity contribution < 1.29 is 19.1 Å². The molecule has 0 fully saturated rings. The summed E-state index contributed by atoms with van der Waals surface area (Å²) in [5, 5.41) is 2.81. The number of para-hydroxylation sites is 1. The van der Waals surface area contributed by atoms with E-state index in [2.05, 4.69) is 26.1 Å². The van der Waals surface area contributed by atoms with E-state index in [9.17, 15) is 9.59 Å². The Balaban J connectivity index is 2.19. The van der Waals surface area contributed by atoms with Gasteiger partial charge >= 0.3 is 5.97 Å². The first kappa shape index (κ1) is 23.5. The molecule has 2 aromatic rings. The predicted octanol–water partition coefficient (Wildman–Crippen LogP) is 5.05. The molecule has 2 aromatic carbocycles. The van der Waals surface area contributed by atoms with Gasteiger partial charge in [0.1, 0.15) is 17.5 Å². The molecule has 0 aromatic heterocycles. The zero-order valence-corrected chi connectivity index (χ0v) is 19.0. The summed E-state index contributed by atoms with van der Waals surface area (Å²) in [6.07, 6.45) is 0. The summed E-state index contributed by atoms with van der Waals surface area (Å²) in [6.45, 7) is 14.4.